The van der Waals surface area contributed by atoms with Crippen molar-refractivity contribution in [1.29, 1.82) is 0 Å². The van der Waals surface area contributed by atoms with Gasteiger partial charge in [0.2, 0.25) is 5.91 Å². The molecule has 5 nitrogen and oxygen atoms in total. The number of benzene rings is 2. The van der Waals surface area contributed by atoms with E-state index >= 15 is 0 Å². The molecule has 0 aliphatic carbocycles. The van der Waals surface area contributed by atoms with E-state index in [4.69, 9.17) is 11.6 Å². The molecule has 0 atom stereocenters. The first kappa shape index (κ1) is 17.9. The van der Waals surface area contributed by atoms with Gasteiger partial charge < -0.3 is 10.2 Å². The zero-order valence-corrected chi connectivity index (χ0v) is 17.0. The van der Waals surface area contributed by atoms with Crippen LogP contribution in [-0.4, -0.2) is 47.9 Å². The number of halogens is 1. The first-order valence-corrected chi connectivity index (χ1v) is 10.8. The number of hydrogen-bond donors (Lipinski definition) is 1. The first-order chi connectivity index (χ1) is 13.7. The molecule has 5 rings (SSSR count). The van der Waals surface area contributed by atoms with Crippen LogP contribution in [0, 0.1) is 0 Å². The maximum atomic E-state index is 11.6. The lowest BCUT2D eigenvalue weighted by Gasteiger charge is -2.35. The highest BCUT2D eigenvalue weighted by atomic mass is 35.5. The van der Waals surface area contributed by atoms with Crippen molar-refractivity contribution in [3.8, 4) is 0 Å². The van der Waals surface area contributed by atoms with Crippen LogP contribution < -0.4 is 10.2 Å². The van der Waals surface area contributed by atoms with E-state index in [1.807, 2.05) is 6.07 Å². The van der Waals surface area contributed by atoms with E-state index < -0.39 is 0 Å². The smallest absolute Gasteiger partial charge is 0.228 e. The number of piperazine rings is 1. The fourth-order valence-electron chi connectivity index (χ4n) is 4.05. The van der Waals surface area contributed by atoms with Crippen LogP contribution in [0.5, 0.6) is 0 Å². The summed E-state index contributed by atoms with van der Waals surface area (Å²) in [5, 5.41) is 4.86. The summed E-state index contributed by atoms with van der Waals surface area (Å²) in [6.45, 7) is 5.00. The van der Waals surface area contributed by atoms with Crippen LogP contribution in [0.15, 0.2) is 36.4 Å². The molecule has 1 fully saturated rings. The summed E-state index contributed by atoms with van der Waals surface area (Å²) in [4.78, 5) is 16.4. The highest BCUT2D eigenvalue weighted by molar-refractivity contribution is 7.13. The van der Waals surface area contributed by atoms with Crippen LogP contribution >= 0.6 is 23.1 Å². The lowest BCUT2D eigenvalue weighted by molar-refractivity contribution is -0.115. The Morgan fingerprint density at radius 3 is 2.86 bits per heavy atom. The topological polar surface area (TPSA) is 48.5 Å². The number of nitrogens with one attached hydrogen (secondary N) is 1. The standard InChI is InChI=1S/C21H21ClN4OS/c22-17-13-18-15(12-20(27)23-18)11-14(17)5-6-25-7-9-26(10-8-25)21-16-3-1-2-4-19(16)28-24-21/h1-4,11,13H,5-10,12H2,(H,23,27)/i6+2. The molecule has 1 N–H and O–H groups in total. The van der Waals surface area contributed by atoms with Gasteiger partial charge in [-0.25, -0.2) is 0 Å². The maximum Gasteiger partial charge on any atom is 0.228 e. The molecule has 0 radical (unpaired) electrons. The summed E-state index contributed by atoms with van der Waals surface area (Å²) in [5.74, 6) is 1.17. The Morgan fingerprint density at radius 2 is 2.00 bits per heavy atom. The van der Waals surface area contributed by atoms with Crippen molar-refractivity contribution in [2.24, 2.45) is 0 Å². The first-order valence-electron chi connectivity index (χ1n) is 9.60. The number of anilines is 2. The summed E-state index contributed by atoms with van der Waals surface area (Å²) in [5.41, 5.74) is 3.05. The van der Waals surface area contributed by atoms with E-state index in [-0.39, 0.29) is 5.91 Å². The van der Waals surface area contributed by atoms with Gasteiger partial charge in [-0.1, -0.05) is 29.8 Å². The van der Waals surface area contributed by atoms with Crippen LogP contribution in [0.4, 0.5) is 11.5 Å². The number of carbonyl (C=O) groups excluding carboxylic acids is 1. The zero-order valence-electron chi connectivity index (χ0n) is 15.4. The molecule has 3 aromatic rings. The van der Waals surface area contributed by atoms with Crippen molar-refractivity contribution in [3.05, 3.63) is 52.5 Å². The molecule has 0 spiro atoms. The molecule has 2 aliphatic heterocycles. The van der Waals surface area contributed by atoms with E-state index in [1.165, 1.54) is 10.1 Å². The van der Waals surface area contributed by atoms with Crippen molar-refractivity contribution >= 4 is 50.6 Å². The molecular formula is C21H21ClN4OS. The third-order valence-electron chi connectivity index (χ3n) is 5.62. The second-order valence-electron chi connectivity index (χ2n) is 7.41. The largest absolute Gasteiger partial charge is 0.353 e. The lowest BCUT2D eigenvalue weighted by Crippen LogP contribution is -2.47. The Morgan fingerprint density at radius 1 is 1.18 bits per heavy atom. The van der Waals surface area contributed by atoms with Crippen molar-refractivity contribution in [2.75, 3.05) is 42.9 Å². The minimum absolute atomic E-state index is 0.0499. The molecule has 3 heterocycles. The summed E-state index contributed by atoms with van der Waals surface area (Å²) < 4.78 is 5.94. The molecule has 1 aromatic heterocycles. The second kappa shape index (κ2) is 7.35. The Balaban J connectivity index is 1.20. The van der Waals surface area contributed by atoms with E-state index in [2.05, 4.69) is 49.8 Å². The SMILES string of the molecule is O=C1Cc2cc(C[14CH2]N3CCN(c4nsc5ccccc45)CC3)c(Cl)cc2N1. The molecule has 144 valence electrons. The number of aromatic nitrogens is 1. The van der Waals surface area contributed by atoms with Gasteiger partial charge in [-0.05, 0) is 47.3 Å². The molecule has 0 unspecified atom stereocenters. The Kier molecular flexibility index (Phi) is 4.70. The molecule has 0 bridgehead atoms. The summed E-state index contributed by atoms with van der Waals surface area (Å²) in [7, 11) is 0. The minimum atomic E-state index is 0.0499. The minimum Gasteiger partial charge on any atom is -0.353 e. The van der Waals surface area contributed by atoms with Gasteiger partial charge >= 0.3 is 0 Å². The molecular weight excluding hydrogens is 394 g/mol. The van der Waals surface area contributed by atoms with Crippen LogP contribution in [0.25, 0.3) is 10.1 Å². The predicted octanol–water partition coefficient (Wildman–Crippen LogP) is 3.81. The van der Waals surface area contributed by atoms with Gasteiger partial charge in [0, 0.05) is 48.8 Å². The number of carbonyl (C=O) groups is 1. The van der Waals surface area contributed by atoms with Crippen LogP contribution in [0.2, 0.25) is 5.02 Å². The number of fused-ring (bicyclic) bond motifs is 2. The highest BCUT2D eigenvalue weighted by Gasteiger charge is 2.22. The van der Waals surface area contributed by atoms with E-state index in [1.54, 1.807) is 11.5 Å². The van der Waals surface area contributed by atoms with Crippen LogP contribution in [0.3, 0.4) is 0 Å². The molecule has 0 saturated carbocycles. The Labute approximate surface area is 173 Å². The fraction of sp³-hybridized carbons (Fsp3) is 0.333. The molecule has 7 heteroatoms. The van der Waals surface area contributed by atoms with Crippen LogP contribution in [0.1, 0.15) is 11.1 Å². The predicted molar refractivity (Wildman–Crippen MR) is 116 cm³/mol. The van der Waals surface area contributed by atoms with Crippen molar-refractivity contribution in [3.63, 3.8) is 0 Å². The second-order valence-corrected chi connectivity index (χ2v) is 8.62. The molecule has 1 amide bonds. The fourth-order valence-corrected chi connectivity index (χ4v) is 5.11. The quantitative estimate of drug-likeness (QED) is 0.705. The average Bonchev–Trinajstić information content (AvgIpc) is 3.29. The Hall–Kier alpha value is -2.15. The number of amides is 1. The Bertz CT molecular complexity index is 1040. The monoisotopic (exact) mass is 414 g/mol. The van der Waals surface area contributed by atoms with E-state index in [0.717, 1.165) is 66.8 Å². The number of nitrogens with zero attached hydrogens (tertiary/aromatic N) is 3. The normalized spacial score (nSPS) is 17.2. The van der Waals surface area contributed by atoms with Gasteiger partial charge in [0.25, 0.3) is 0 Å². The third kappa shape index (κ3) is 3.36. The van der Waals surface area contributed by atoms with E-state index in [0.29, 0.717) is 6.42 Å². The summed E-state index contributed by atoms with van der Waals surface area (Å²) >= 11 is 8.01. The van der Waals surface area contributed by atoms with Crippen molar-refractivity contribution in [1.82, 2.24) is 9.27 Å². The summed E-state index contributed by atoms with van der Waals surface area (Å²) in [6.07, 6.45) is 1.36. The number of hydrogen-bond acceptors (Lipinski definition) is 5. The molecule has 28 heavy (non-hydrogen) atoms. The lowest BCUT2D eigenvalue weighted by atomic mass is 10.1. The van der Waals surface area contributed by atoms with Crippen LogP contribution in [-0.2, 0) is 17.6 Å². The van der Waals surface area contributed by atoms with Gasteiger partial charge in [-0.3, -0.25) is 9.69 Å². The van der Waals surface area contributed by atoms with E-state index in [9.17, 15) is 4.79 Å². The van der Waals surface area contributed by atoms with Gasteiger partial charge in [0.05, 0.1) is 11.1 Å². The van der Waals surface area contributed by atoms with Crippen molar-refractivity contribution < 1.29 is 4.79 Å². The molecule has 2 aliphatic rings. The summed E-state index contributed by atoms with van der Waals surface area (Å²) in [6, 6.07) is 12.4. The maximum absolute atomic E-state index is 11.6. The van der Waals surface area contributed by atoms with Gasteiger partial charge in [0.15, 0.2) is 0 Å². The highest BCUT2D eigenvalue weighted by Crippen LogP contribution is 2.31. The van der Waals surface area contributed by atoms with Gasteiger partial charge in [-0.15, -0.1) is 0 Å². The third-order valence-corrected chi connectivity index (χ3v) is 6.79. The van der Waals surface area contributed by atoms with Gasteiger partial charge in [-0.2, -0.15) is 4.37 Å². The zero-order chi connectivity index (χ0) is 19.1. The molecule has 1 saturated heterocycles. The average molecular weight is 415 g/mol. The van der Waals surface area contributed by atoms with Crippen molar-refractivity contribution in [2.45, 2.75) is 12.8 Å². The molecule has 2 aromatic carbocycles. The van der Waals surface area contributed by atoms with Gasteiger partial charge in [0.1, 0.15) is 5.82 Å². The number of rotatable bonds is 4.